The third-order valence-electron chi connectivity index (χ3n) is 6.22. The van der Waals surface area contributed by atoms with Crippen LogP contribution in [0.15, 0.2) is 30.3 Å². The molecule has 1 fully saturated rings. The lowest BCUT2D eigenvalue weighted by Gasteiger charge is -2.43. The average Bonchev–Trinajstić information content (AvgIpc) is 3.22. The molecule has 1 saturated carbocycles. The van der Waals surface area contributed by atoms with E-state index in [0.29, 0.717) is 19.1 Å². The van der Waals surface area contributed by atoms with Gasteiger partial charge in [0.2, 0.25) is 0 Å². The van der Waals surface area contributed by atoms with Crippen LogP contribution in [0.4, 0.5) is 0 Å². The predicted octanol–water partition coefficient (Wildman–Crippen LogP) is 7.47. The zero-order chi connectivity index (χ0) is 19.4. The molecule has 0 spiro atoms. The fraction of sp³-hybridized carbons (Fsp3) is 0.760. The van der Waals surface area contributed by atoms with Crippen LogP contribution in [0, 0.1) is 11.8 Å². The second-order valence-electron chi connectivity index (χ2n) is 8.11. The Kier molecular flexibility index (Phi) is 10.4. The van der Waals surface area contributed by atoms with E-state index in [1.807, 2.05) is 0 Å². The van der Waals surface area contributed by atoms with Crippen LogP contribution in [0.2, 0.25) is 0 Å². The van der Waals surface area contributed by atoms with Crippen molar-refractivity contribution in [2.45, 2.75) is 97.2 Å². The fourth-order valence-corrected chi connectivity index (χ4v) is 4.98. The summed E-state index contributed by atoms with van der Waals surface area (Å²) >= 11 is 0. The molecule has 0 aliphatic heterocycles. The van der Waals surface area contributed by atoms with Crippen LogP contribution in [0.5, 0.6) is 0 Å². The molecule has 1 unspecified atom stereocenters. The standard InChI is InChI=1S/C25H42O2/c1-4-7-8-9-10-14-21-24(22-17-15-16-18-22)25(26-5-2,27-6-3)23-19-12-11-13-20-23/h11-13,19-20,22,24H,4-10,14-18,21H2,1-3H3. The topological polar surface area (TPSA) is 18.5 Å². The molecule has 1 aliphatic carbocycles. The minimum Gasteiger partial charge on any atom is -0.346 e. The summed E-state index contributed by atoms with van der Waals surface area (Å²) in [5.41, 5.74) is 1.21. The molecule has 2 rings (SSSR count). The Morgan fingerprint density at radius 3 is 2.04 bits per heavy atom. The molecule has 154 valence electrons. The molecule has 27 heavy (non-hydrogen) atoms. The molecule has 0 saturated heterocycles. The van der Waals surface area contributed by atoms with Gasteiger partial charge in [-0.1, -0.05) is 88.6 Å². The first-order valence-electron chi connectivity index (χ1n) is 11.6. The van der Waals surface area contributed by atoms with Gasteiger partial charge in [0, 0.05) is 24.7 Å². The van der Waals surface area contributed by atoms with Gasteiger partial charge < -0.3 is 9.47 Å². The third-order valence-corrected chi connectivity index (χ3v) is 6.22. The van der Waals surface area contributed by atoms with Crippen LogP contribution in [0.1, 0.15) is 97.0 Å². The summed E-state index contributed by atoms with van der Waals surface area (Å²) in [4.78, 5) is 0. The molecule has 2 nitrogen and oxygen atoms in total. The van der Waals surface area contributed by atoms with E-state index in [-0.39, 0.29) is 0 Å². The molecule has 0 heterocycles. The fourth-order valence-electron chi connectivity index (χ4n) is 4.98. The van der Waals surface area contributed by atoms with E-state index >= 15 is 0 Å². The maximum absolute atomic E-state index is 6.50. The molecular formula is C25H42O2. The maximum Gasteiger partial charge on any atom is 0.197 e. The van der Waals surface area contributed by atoms with Gasteiger partial charge in [-0.05, 0) is 39.0 Å². The second kappa shape index (κ2) is 12.6. The highest BCUT2D eigenvalue weighted by Crippen LogP contribution is 2.47. The normalized spacial score (nSPS) is 16.7. The Labute approximate surface area is 168 Å². The quantitative estimate of drug-likeness (QED) is 0.248. The van der Waals surface area contributed by atoms with Crippen molar-refractivity contribution in [3.8, 4) is 0 Å². The van der Waals surface area contributed by atoms with Crippen molar-refractivity contribution in [1.29, 1.82) is 0 Å². The minimum atomic E-state index is -0.580. The largest absolute Gasteiger partial charge is 0.346 e. The van der Waals surface area contributed by atoms with Crippen molar-refractivity contribution in [2.75, 3.05) is 13.2 Å². The molecule has 1 atom stereocenters. The highest BCUT2D eigenvalue weighted by molar-refractivity contribution is 5.22. The summed E-state index contributed by atoms with van der Waals surface area (Å²) < 4.78 is 13.0. The lowest BCUT2D eigenvalue weighted by molar-refractivity contribution is -0.284. The Morgan fingerprint density at radius 2 is 1.44 bits per heavy atom. The van der Waals surface area contributed by atoms with Crippen LogP contribution in [0.3, 0.4) is 0 Å². The van der Waals surface area contributed by atoms with Crippen LogP contribution < -0.4 is 0 Å². The molecule has 0 radical (unpaired) electrons. The van der Waals surface area contributed by atoms with Gasteiger partial charge in [0.25, 0.3) is 0 Å². The van der Waals surface area contributed by atoms with Gasteiger partial charge in [-0.3, -0.25) is 0 Å². The first kappa shape index (κ1) is 22.4. The highest BCUT2D eigenvalue weighted by atomic mass is 16.7. The highest BCUT2D eigenvalue weighted by Gasteiger charge is 2.46. The number of hydrogen-bond acceptors (Lipinski definition) is 2. The first-order chi connectivity index (χ1) is 13.3. The monoisotopic (exact) mass is 374 g/mol. The number of ether oxygens (including phenoxy) is 2. The van der Waals surface area contributed by atoms with Gasteiger partial charge >= 0.3 is 0 Å². The van der Waals surface area contributed by atoms with Gasteiger partial charge in [-0.15, -0.1) is 0 Å². The van der Waals surface area contributed by atoms with E-state index in [1.54, 1.807) is 0 Å². The molecular weight excluding hydrogens is 332 g/mol. The average molecular weight is 375 g/mol. The van der Waals surface area contributed by atoms with E-state index < -0.39 is 5.79 Å². The summed E-state index contributed by atoms with van der Waals surface area (Å²) in [6.07, 6.45) is 14.7. The Morgan fingerprint density at radius 1 is 0.852 bits per heavy atom. The van der Waals surface area contributed by atoms with Crippen molar-refractivity contribution < 1.29 is 9.47 Å². The molecule has 0 bridgehead atoms. The Hall–Kier alpha value is -0.860. The predicted molar refractivity (Wildman–Crippen MR) is 115 cm³/mol. The first-order valence-corrected chi connectivity index (χ1v) is 11.6. The molecule has 1 aliphatic rings. The molecule has 0 aromatic heterocycles. The number of rotatable bonds is 14. The third kappa shape index (κ3) is 6.32. The van der Waals surface area contributed by atoms with E-state index in [9.17, 15) is 0 Å². The van der Waals surface area contributed by atoms with Crippen LogP contribution in [0.25, 0.3) is 0 Å². The summed E-state index contributed by atoms with van der Waals surface area (Å²) in [7, 11) is 0. The maximum atomic E-state index is 6.50. The van der Waals surface area contributed by atoms with Crippen LogP contribution in [-0.2, 0) is 15.3 Å². The SMILES string of the molecule is CCCCCCCCC(C1CCCC1)C(OCC)(OCC)c1ccccc1. The minimum absolute atomic E-state index is 0.452. The second-order valence-corrected chi connectivity index (χ2v) is 8.11. The van der Waals surface area contributed by atoms with Gasteiger partial charge in [0.05, 0.1) is 0 Å². The smallest absolute Gasteiger partial charge is 0.197 e. The zero-order valence-corrected chi connectivity index (χ0v) is 18.1. The lowest BCUT2D eigenvalue weighted by Crippen LogP contribution is -2.44. The van der Waals surface area contributed by atoms with Gasteiger partial charge in [-0.25, -0.2) is 0 Å². The molecule has 0 amide bonds. The molecule has 1 aromatic carbocycles. The Bertz CT molecular complexity index is 472. The van der Waals surface area contributed by atoms with Gasteiger partial charge in [-0.2, -0.15) is 0 Å². The lowest BCUT2D eigenvalue weighted by atomic mass is 9.77. The van der Waals surface area contributed by atoms with Crippen molar-refractivity contribution in [3.63, 3.8) is 0 Å². The van der Waals surface area contributed by atoms with E-state index in [4.69, 9.17) is 9.47 Å². The van der Waals surface area contributed by atoms with Crippen molar-refractivity contribution in [3.05, 3.63) is 35.9 Å². The van der Waals surface area contributed by atoms with Crippen LogP contribution in [-0.4, -0.2) is 13.2 Å². The van der Waals surface area contributed by atoms with Crippen LogP contribution >= 0.6 is 0 Å². The molecule has 2 heteroatoms. The van der Waals surface area contributed by atoms with Gasteiger partial charge in [0.15, 0.2) is 5.79 Å². The number of benzene rings is 1. The van der Waals surface area contributed by atoms with Crippen molar-refractivity contribution >= 4 is 0 Å². The summed E-state index contributed by atoms with van der Waals surface area (Å²) in [6, 6.07) is 10.7. The summed E-state index contributed by atoms with van der Waals surface area (Å²) in [6.45, 7) is 7.87. The van der Waals surface area contributed by atoms with E-state index in [2.05, 4.69) is 51.1 Å². The number of hydrogen-bond donors (Lipinski definition) is 0. The molecule has 1 aromatic rings. The zero-order valence-electron chi connectivity index (χ0n) is 18.1. The number of unbranched alkanes of at least 4 members (excludes halogenated alkanes) is 5. The molecule has 0 N–H and O–H groups in total. The van der Waals surface area contributed by atoms with E-state index in [1.165, 1.54) is 76.2 Å². The van der Waals surface area contributed by atoms with E-state index in [0.717, 1.165) is 5.92 Å². The van der Waals surface area contributed by atoms with Gasteiger partial charge in [0.1, 0.15) is 0 Å². The summed E-state index contributed by atoms with van der Waals surface area (Å²) in [5.74, 6) is 0.593. The van der Waals surface area contributed by atoms with Crippen molar-refractivity contribution in [1.82, 2.24) is 0 Å². The van der Waals surface area contributed by atoms with Crippen molar-refractivity contribution in [2.24, 2.45) is 11.8 Å². The Balaban J connectivity index is 2.20. The summed E-state index contributed by atoms with van der Waals surface area (Å²) in [5, 5.41) is 0.